The van der Waals surface area contributed by atoms with E-state index in [4.69, 9.17) is 16.3 Å². The Balaban J connectivity index is 2.15. The van der Waals surface area contributed by atoms with Crippen molar-refractivity contribution < 1.29 is 9.53 Å². The summed E-state index contributed by atoms with van der Waals surface area (Å²) in [5, 5.41) is 6.20. The second-order valence-corrected chi connectivity index (χ2v) is 4.55. The van der Waals surface area contributed by atoms with Crippen LogP contribution in [0.25, 0.3) is 0 Å². The zero-order valence-corrected chi connectivity index (χ0v) is 12.4. The molecule has 0 saturated carbocycles. The highest BCUT2D eigenvalue weighted by Gasteiger charge is 2.12. The van der Waals surface area contributed by atoms with Crippen LogP contribution in [-0.4, -0.2) is 29.5 Å². The molecular formula is C14H15ClN4O2. The number of nitrogens with one attached hydrogen (secondary N) is 2. The first kappa shape index (κ1) is 15.1. The average Bonchev–Trinajstić information content (AvgIpc) is 2.48. The minimum Gasteiger partial charge on any atom is -0.495 e. The lowest BCUT2D eigenvalue weighted by Gasteiger charge is -2.10. The van der Waals surface area contributed by atoms with Gasteiger partial charge in [0.15, 0.2) is 0 Å². The first-order valence-electron chi connectivity index (χ1n) is 6.35. The van der Waals surface area contributed by atoms with E-state index in [1.54, 1.807) is 18.2 Å². The van der Waals surface area contributed by atoms with Crippen molar-refractivity contribution >= 4 is 29.0 Å². The zero-order valence-electron chi connectivity index (χ0n) is 11.7. The topological polar surface area (TPSA) is 76.1 Å². The van der Waals surface area contributed by atoms with E-state index in [1.165, 1.54) is 19.5 Å². The van der Waals surface area contributed by atoms with Crippen LogP contribution in [0.3, 0.4) is 0 Å². The summed E-state index contributed by atoms with van der Waals surface area (Å²) in [5.41, 5.74) is 0.686. The zero-order chi connectivity index (χ0) is 15.2. The Morgan fingerprint density at radius 1 is 1.33 bits per heavy atom. The van der Waals surface area contributed by atoms with Gasteiger partial charge >= 0.3 is 0 Å². The van der Waals surface area contributed by atoms with Crippen molar-refractivity contribution in [2.75, 3.05) is 24.3 Å². The molecule has 0 aliphatic rings. The molecular weight excluding hydrogens is 292 g/mol. The lowest BCUT2D eigenvalue weighted by atomic mass is 10.2. The minimum atomic E-state index is -0.383. The molecule has 1 heterocycles. The van der Waals surface area contributed by atoms with E-state index in [1.807, 2.05) is 6.92 Å². The van der Waals surface area contributed by atoms with E-state index in [2.05, 4.69) is 20.6 Å². The van der Waals surface area contributed by atoms with Gasteiger partial charge < -0.3 is 15.4 Å². The van der Waals surface area contributed by atoms with Crippen LogP contribution >= 0.6 is 11.6 Å². The molecule has 0 aliphatic carbocycles. The molecule has 2 aromatic rings. The summed E-state index contributed by atoms with van der Waals surface area (Å²) in [4.78, 5) is 20.3. The van der Waals surface area contributed by atoms with Crippen molar-refractivity contribution in [3.05, 3.63) is 41.3 Å². The molecule has 2 N–H and O–H groups in total. The number of carbonyl (C=O) groups excluding carboxylic acids is 1. The number of methoxy groups -OCH3 is 1. The summed E-state index contributed by atoms with van der Waals surface area (Å²) in [6, 6.07) is 4.97. The quantitative estimate of drug-likeness (QED) is 0.888. The largest absolute Gasteiger partial charge is 0.495 e. The normalized spacial score (nSPS) is 10.0. The number of ether oxygens (including phenoxy) is 1. The van der Waals surface area contributed by atoms with Crippen LogP contribution in [0.15, 0.2) is 30.6 Å². The van der Waals surface area contributed by atoms with Gasteiger partial charge in [0.2, 0.25) is 0 Å². The fourth-order valence-electron chi connectivity index (χ4n) is 1.68. The predicted molar refractivity (Wildman–Crippen MR) is 82.2 cm³/mol. The van der Waals surface area contributed by atoms with E-state index in [-0.39, 0.29) is 11.6 Å². The SMILES string of the molecule is CCNc1cnc(C(=O)Nc2cc(Cl)ccc2OC)cn1. The molecule has 0 aliphatic heterocycles. The van der Waals surface area contributed by atoms with Crippen LogP contribution in [-0.2, 0) is 0 Å². The van der Waals surface area contributed by atoms with Crippen LogP contribution in [0.2, 0.25) is 5.02 Å². The third kappa shape index (κ3) is 3.82. The summed E-state index contributed by atoms with van der Waals surface area (Å²) in [6.07, 6.45) is 2.91. The molecule has 0 radical (unpaired) electrons. The second-order valence-electron chi connectivity index (χ2n) is 4.12. The number of anilines is 2. The lowest BCUT2D eigenvalue weighted by Crippen LogP contribution is -2.15. The molecule has 0 saturated heterocycles. The third-order valence-corrected chi connectivity index (χ3v) is 2.89. The van der Waals surface area contributed by atoms with Gasteiger partial charge in [-0.15, -0.1) is 0 Å². The van der Waals surface area contributed by atoms with E-state index in [0.717, 1.165) is 6.54 Å². The molecule has 0 spiro atoms. The van der Waals surface area contributed by atoms with E-state index in [0.29, 0.717) is 22.3 Å². The van der Waals surface area contributed by atoms with Gasteiger partial charge in [-0.25, -0.2) is 9.97 Å². The minimum absolute atomic E-state index is 0.207. The van der Waals surface area contributed by atoms with Crippen LogP contribution in [0.1, 0.15) is 17.4 Å². The standard InChI is InChI=1S/C14H15ClN4O2/c1-3-16-13-8-17-11(7-18-13)14(20)19-10-6-9(15)4-5-12(10)21-2/h4-8H,3H2,1-2H3,(H,16,18)(H,19,20). The van der Waals surface area contributed by atoms with Crippen LogP contribution < -0.4 is 15.4 Å². The number of nitrogens with zero attached hydrogens (tertiary/aromatic N) is 2. The number of carbonyl (C=O) groups is 1. The molecule has 110 valence electrons. The molecule has 1 aromatic carbocycles. The first-order valence-corrected chi connectivity index (χ1v) is 6.72. The van der Waals surface area contributed by atoms with Crippen LogP contribution in [0.4, 0.5) is 11.5 Å². The Hall–Kier alpha value is -2.34. The summed E-state index contributed by atoms with van der Waals surface area (Å²) in [7, 11) is 1.52. The highest BCUT2D eigenvalue weighted by atomic mass is 35.5. The lowest BCUT2D eigenvalue weighted by molar-refractivity contribution is 0.102. The Labute approximate surface area is 127 Å². The summed E-state index contributed by atoms with van der Waals surface area (Å²) < 4.78 is 5.17. The third-order valence-electron chi connectivity index (χ3n) is 2.65. The van der Waals surface area contributed by atoms with Crippen molar-refractivity contribution in [2.24, 2.45) is 0 Å². The van der Waals surface area contributed by atoms with Gasteiger partial charge in [0.05, 0.1) is 25.2 Å². The van der Waals surface area contributed by atoms with E-state index < -0.39 is 0 Å². The molecule has 0 unspecified atom stereocenters. The fraction of sp³-hybridized carbons (Fsp3) is 0.214. The molecule has 7 heteroatoms. The smallest absolute Gasteiger partial charge is 0.275 e. The van der Waals surface area contributed by atoms with Crippen molar-refractivity contribution in [2.45, 2.75) is 6.92 Å². The Kier molecular flexibility index (Phi) is 4.94. The fourth-order valence-corrected chi connectivity index (χ4v) is 1.85. The van der Waals surface area contributed by atoms with Gasteiger partial charge in [-0.3, -0.25) is 4.79 Å². The summed E-state index contributed by atoms with van der Waals surface area (Å²) in [5.74, 6) is 0.755. The number of rotatable bonds is 5. The first-order chi connectivity index (χ1) is 10.1. The molecule has 21 heavy (non-hydrogen) atoms. The number of benzene rings is 1. The molecule has 1 amide bonds. The number of amides is 1. The number of aromatic nitrogens is 2. The Bertz CT molecular complexity index is 631. The van der Waals surface area contributed by atoms with Crippen molar-refractivity contribution in [3.8, 4) is 5.75 Å². The monoisotopic (exact) mass is 306 g/mol. The molecule has 1 aromatic heterocycles. The maximum absolute atomic E-state index is 12.1. The van der Waals surface area contributed by atoms with Gasteiger partial charge in [-0.1, -0.05) is 11.6 Å². The summed E-state index contributed by atoms with van der Waals surface area (Å²) in [6.45, 7) is 2.69. The van der Waals surface area contributed by atoms with Crippen molar-refractivity contribution in [1.29, 1.82) is 0 Å². The maximum atomic E-state index is 12.1. The van der Waals surface area contributed by atoms with Gasteiger partial charge in [-0.2, -0.15) is 0 Å². The number of hydrogen-bond acceptors (Lipinski definition) is 5. The van der Waals surface area contributed by atoms with Crippen LogP contribution in [0.5, 0.6) is 5.75 Å². The van der Waals surface area contributed by atoms with Gasteiger partial charge in [0.25, 0.3) is 5.91 Å². The van der Waals surface area contributed by atoms with Gasteiger partial charge in [0, 0.05) is 11.6 Å². The number of hydrogen-bond donors (Lipinski definition) is 2. The highest BCUT2D eigenvalue weighted by Crippen LogP contribution is 2.27. The molecule has 6 nitrogen and oxygen atoms in total. The van der Waals surface area contributed by atoms with Gasteiger partial charge in [-0.05, 0) is 25.1 Å². The molecule has 0 bridgehead atoms. The molecule has 2 rings (SSSR count). The summed E-state index contributed by atoms with van der Waals surface area (Å²) >= 11 is 5.92. The van der Waals surface area contributed by atoms with Crippen molar-refractivity contribution in [3.63, 3.8) is 0 Å². The van der Waals surface area contributed by atoms with E-state index in [9.17, 15) is 4.79 Å². The average molecular weight is 307 g/mol. The second kappa shape index (κ2) is 6.90. The van der Waals surface area contributed by atoms with Gasteiger partial charge in [0.1, 0.15) is 17.3 Å². The van der Waals surface area contributed by atoms with E-state index >= 15 is 0 Å². The van der Waals surface area contributed by atoms with Crippen LogP contribution in [0, 0.1) is 0 Å². The predicted octanol–water partition coefficient (Wildman–Crippen LogP) is 2.82. The highest BCUT2D eigenvalue weighted by molar-refractivity contribution is 6.31. The molecule has 0 fully saturated rings. The molecule has 0 atom stereocenters. The number of halogens is 1. The van der Waals surface area contributed by atoms with Crippen molar-refractivity contribution in [1.82, 2.24) is 9.97 Å². The maximum Gasteiger partial charge on any atom is 0.275 e. The Morgan fingerprint density at radius 3 is 2.76 bits per heavy atom. The Morgan fingerprint density at radius 2 is 2.14 bits per heavy atom.